The van der Waals surface area contributed by atoms with Crippen molar-refractivity contribution in [3.05, 3.63) is 66.2 Å². The number of para-hydroxylation sites is 1. The van der Waals surface area contributed by atoms with E-state index >= 15 is 0 Å². The number of hydrogen-bond acceptors (Lipinski definition) is 3. The molecule has 0 saturated carbocycles. The Hall–Kier alpha value is -3.08. The maximum Gasteiger partial charge on any atom is 0.257 e. The molecule has 1 aliphatic rings. The molecular formula is C17H15N3O2. The van der Waals surface area contributed by atoms with Gasteiger partial charge in [0.2, 0.25) is 0 Å². The first-order valence-electron chi connectivity index (χ1n) is 6.89. The molecule has 0 aliphatic carbocycles. The molecule has 0 aromatic heterocycles. The molecular weight excluding hydrogens is 278 g/mol. The van der Waals surface area contributed by atoms with Crippen molar-refractivity contribution in [1.82, 2.24) is 5.32 Å². The van der Waals surface area contributed by atoms with Crippen LogP contribution < -0.4 is 16.0 Å². The molecule has 5 heteroatoms. The fraction of sp³-hybridized carbons (Fsp3) is 0.0588. The van der Waals surface area contributed by atoms with Crippen LogP contribution in [0.25, 0.3) is 0 Å². The minimum absolute atomic E-state index is 0.203. The molecule has 0 spiro atoms. The normalized spacial score (nSPS) is 12.1. The predicted octanol–water partition coefficient (Wildman–Crippen LogP) is 2.91. The van der Waals surface area contributed by atoms with Gasteiger partial charge >= 0.3 is 0 Å². The smallest absolute Gasteiger partial charge is 0.257 e. The summed E-state index contributed by atoms with van der Waals surface area (Å²) in [7, 11) is 0. The highest BCUT2D eigenvalue weighted by molar-refractivity contribution is 6.12. The second-order valence-corrected chi connectivity index (χ2v) is 4.88. The molecule has 0 fully saturated rings. The van der Waals surface area contributed by atoms with Crippen LogP contribution in [0.15, 0.2) is 55.1 Å². The molecule has 1 heterocycles. The number of amides is 2. The van der Waals surface area contributed by atoms with Crippen molar-refractivity contribution in [2.45, 2.75) is 0 Å². The largest absolute Gasteiger partial charge is 0.353 e. The summed E-state index contributed by atoms with van der Waals surface area (Å²) < 4.78 is 0. The Balaban J connectivity index is 1.95. The summed E-state index contributed by atoms with van der Waals surface area (Å²) in [4.78, 5) is 24.2. The van der Waals surface area contributed by atoms with Gasteiger partial charge in [-0.15, -0.1) is 6.58 Å². The van der Waals surface area contributed by atoms with E-state index in [2.05, 4.69) is 22.5 Å². The van der Waals surface area contributed by atoms with Crippen LogP contribution in [0, 0.1) is 0 Å². The summed E-state index contributed by atoms with van der Waals surface area (Å²) in [6.07, 6.45) is 1.61. The zero-order valence-corrected chi connectivity index (χ0v) is 11.8. The number of nitrogens with one attached hydrogen (secondary N) is 3. The van der Waals surface area contributed by atoms with E-state index in [4.69, 9.17) is 0 Å². The molecule has 22 heavy (non-hydrogen) atoms. The van der Waals surface area contributed by atoms with Gasteiger partial charge in [-0.25, -0.2) is 0 Å². The van der Waals surface area contributed by atoms with Gasteiger partial charge in [-0.05, 0) is 30.3 Å². The second kappa shape index (κ2) is 5.73. The fourth-order valence-corrected chi connectivity index (χ4v) is 2.29. The molecule has 2 aromatic carbocycles. The Morgan fingerprint density at radius 2 is 1.91 bits per heavy atom. The lowest BCUT2D eigenvalue weighted by Crippen LogP contribution is -2.23. The van der Waals surface area contributed by atoms with Gasteiger partial charge in [0.25, 0.3) is 11.8 Å². The zero-order valence-electron chi connectivity index (χ0n) is 11.8. The average Bonchev–Trinajstić information content (AvgIpc) is 2.68. The zero-order chi connectivity index (χ0) is 15.5. The number of benzene rings is 2. The van der Waals surface area contributed by atoms with Crippen LogP contribution in [0.1, 0.15) is 20.7 Å². The Morgan fingerprint density at radius 1 is 1.09 bits per heavy atom. The highest BCUT2D eigenvalue weighted by Crippen LogP contribution is 2.32. The van der Waals surface area contributed by atoms with Crippen LogP contribution >= 0.6 is 0 Å². The highest BCUT2D eigenvalue weighted by atomic mass is 16.2. The van der Waals surface area contributed by atoms with Crippen molar-refractivity contribution >= 4 is 28.9 Å². The molecule has 0 unspecified atom stereocenters. The van der Waals surface area contributed by atoms with Gasteiger partial charge in [-0.2, -0.15) is 0 Å². The average molecular weight is 293 g/mol. The minimum atomic E-state index is -0.210. The Bertz CT molecular complexity index is 768. The quantitative estimate of drug-likeness (QED) is 0.762. The van der Waals surface area contributed by atoms with E-state index in [1.165, 1.54) is 0 Å². The molecule has 3 rings (SSSR count). The molecule has 1 aliphatic heterocycles. The summed E-state index contributed by atoms with van der Waals surface area (Å²) in [5, 5.41) is 8.75. The van der Waals surface area contributed by atoms with Crippen LogP contribution in [0.2, 0.25) is 0 Å². The molecule has 110 valence electrons. The van der Waals surface area contributed by atoms with Gasteiger partial charge < -0.3 is 16.0 Å². The van der Waals surface area contributed by atoms with Crippen molar-refractivity contribution in [3.63, 3.8) is 0 Å². The lowest BCUT2D eigenvalue weighted by atomic mass is 10.1. The molecule has 2 amide bonds. The molecule has 5 nitrogen and oxygen atoms in total. The molecule has 0 radical (unpaired) electrons. The molecule has 2 aromatic rings. The van der Waals surface area contributed by atoms with Gasteiger partial charge in [-0.1, -0.05) is 18.2 Å². The second-order valence-electron chi connectivity index (χ2n) is 4.88. The van der Waals surface area contributed by atoms with E-state index in [0.29, 0.717) is 23.4 Å². The van der Waals surface area contributed by atoms with Crippen LogP contribution in [-0.2, 0) is 0 Å². The molecule has 0 saturated heterocycles. The fourth-order valence-electron chi connectivity index (χ4n) is 2.29. The predicted molar refractivity (Wildman–Crippen MR) is 86.7 cm³/mol. The monoisotopic (exact) mass is 293 g/mol. The lowest BCUT2D eigenvalue weighted by molar-refractivity contribution is 0.0956. The number of fused-ring (bicyclic) bond motifs is 2. The number of anilines is 3. The van der Waals surface area contributed by atoms with E-state index in [-0.39, 0.29) is 11.8 Å². The topological polar surface area (TPSA) is 70.2 Å². The Kier molecular flexibility index (Phi) is 3.62. The van der Waals surface area contributed by atoms with Gasteiger partial charge in [0.05, 0.1) is 22.6 Å². The van der Waals surface area contributed by atoms with Crippen LogP contribution in [0.3, 0.4) is 0 Å². The first-order chi connectivity index (χ1) is 10.7. The van der Waals surface area contributed by atoms with Gasteiger partial charge in [-0.3, -0.25) is 9.59 Å². The SMILES string of the molecule is C=CCNC(=O)c1ccc2c(c1)NC(=O)c1ccccc1N2. The molecule has 3 N–H and O–H groups in total. The van der Waals surface area contributed by atoms with E-state index in [1.54, 1.807) is 30.3 Å². The van der Waals surface area contributed by atoms with Crippen molar-refractivity contribution in [3.8, 4) is 0 Å². The van der Waals surface area contributed by atoms with Gasteiger partial charge in [0.1, 0.15) is 0 Å². The van der Waals surface area contributed by atoms with Crippen molar-refractivity contribution in [2.75, 3.05) is 17.2 Å². The first-order valence-corrected chi connectivity index (χ1v) is 6.89. The van der Waals surface area contributed by atoms with Crippen LogP contribution in [-0.4, -0.2) is 18.4 Å². The molecule has 0 atom stereocenters. The minimum Gasteiger partial charge on any atom is -0.353 e. The standard InChI is InChI=1S/C17H15N3O2/c1-2-9-18-16(21)11-7-8-14-15(10-11)20-17(22)12-5-3-4-6-13(12)19-14/h2-8,10,19H,1,9H2,(H,18,21)(H,20,22). The van der Waals surface area contributed by atoms with E-state index < -0.39 is 0 Å². The lowest BCUT2D eigenvalue weighted by Gasteiger charge is -2.10. The summed E-state index contributed by atoms with van der Waals surface area (Å²) in [5.74, 6) is -0.413. The van der Waals surface area contributed by atoms with Crippen molar-refractivity contribution < 1.29 is 9.59 Å². The van der Waals surface area contributed by atoms with Gasteiger partial charge in [0.15, 0.2) is 0 Å². The van der Waals surface area contributed by atoms with Gasteiger partial charge in [0, 0.05) is 12.1 Å². The maximum atomic E-state index is 12.3. The van der Waals surface area contributed by atoms with E-state index in [9.17, 15) is 9.59 Å². The number of carbonyl (C=O) groups is 2. The first kappa shape index (κ1) is 13.9. The summed E-state index contributed by atoms with van der Waals surface area (Å²) >= 11 is 0. The van der Waals surface area contributed by atoms with Crippen LogP contribution in [0.5, 0.6) is 0 Å². The number of rotatable bonds is 3. The summed E-state index contributed by atoms with van der Waals surface area (Å²) in [6.45, 7) is 3.95. The molecule has 0 bridgehead atoms. The Labute approximate surface area is 128 Å². The summed E-state index contributed by atoms with van der Waals surface area (Å²) in [6, 6.07) is 12.4. The third-order valence-electron chi connectivity index (χ3n) is 3.38. The maximum absolute atomic E-state index is 12.3. The third kappa shape index (κ3) is 2.56. The summed E-state index contributed by atoms with van der Waals surface area (Å²) in [5.41, 5.74) is 3.11. The number of carbonyl (C=O) groups excluding carboxylic acids is 2. The third-order valence-corrected chi connectivity index (χ3v) is 3.38. The van der Waals surface area contributed by atoms with Crippen molar-refractivity contribution in [2.24, 2.45) is 0 Å². The highest BCUT2D eigenvalue weighted by Gasteiger charge is 2.19. The van der Waals surface area contributed by atoms with E-state index in [0.717, 1.165) is 11.4 Å². The van der Waals surface area contributed by atoms with Crippen molar-refractivity contribution in [1.29, 1.82) is 0 Å². The Morgan fingerprint density at radius 3 is 2.73 bits per heavy atom. The van der Waals surface area contributed by atoms with E-state index in [1.807, 2.05) is 18.2 Å². The van der Waals surface area contributed by atoms with Crippen LogP contribution in [0.4, 0.5) is 17.1 Å². The number of hydrogen-bond donors (Lipinski definition) is 3.